The maximum absolute atomic E-state index is 12.7. The average molecular weight is 289 g/mol. The van der Waals surface area contributed by atoms with Gasteiger partial charge in [0.2, 0.25) is 0 Å². The normalized spacial score (nSPS) is 17.6. The second-order valence-electron chi connectivity index (χ2n) is 6.80. The number of rotatable bonds is 4. The minimum atomic E-state index is 0.132. The molecule has 1 fully saturated rings. The molecule has 1 N–H and O–H groups in total. The molecular weight excluding hydrogens is 262 g/mol. The second-order valence-corrected chi connectivity index (χ2v) is 6.80. The van der Waals surface area contributed by atoms with Crippen molar-refractivity contribution >= 4 is 11.7 Å². The number of amides is 1. The first-order valence-electron chi connectivity index (χ1n) is 7.93. The predicted molar refractivity (Wildman–Crippen MR) is 86.7 cm³/mol. The molecule has 1 aromatic rings. The third kappa shape index (κ3) is 4.19. The quantitative estimate of drug-likeness (QED) is 0.923. The van der Waals surface area contributed by atoms with E-state index in [0.29, 0.717) is 0 Å². The van der Waals surface area contributed by atoms with Gasteiger partial charge >= 0.3 is 0 Å². The maximum Gasteiger partial charge on any atom is 0.254 e. The van der Waals surface area contributed by atoms with Crippen molar-refractivity contribution in [2.45, 2.75) is 47.0 Å². The molecule has 0 aliphatic carbocycles. The number of nitrogens with one attached hydrogen (secondary N) is 1. The van der Waals surface area contributed by atoms with Gasteiger partial charge in [-0.3, -0.25) is 4.79 Å². The Balaban J connectivity index is 2.16. The lowest BCUT2D eigenvalue weighted by atomic mass is 9.84. The van der Waals surface area contributed by atoms with Gasteiger partial charge in [0.15, 0.2) is 0 Å². The molecule has 1 aliphatic rings. The first kappa shape index (κ1) is 15.8. The van der Waals surface area contributed by atoms with Crippen LogP contribution in [0.4, 0.5) is 5.82 Å². The van der Waals surface area contributed by atoms with Gasteiger partial charge in [-0.1, -0.05) is 20.8 Å². The number of anilines is 1. The molecule has 4 heteroatoms. The lowest BCUT2D eigenvalue weighted by molar-refractivity contribution is 0.0583. The van der Waals surface area contributed by atoms with Gasteiger partial charge < -0.3 is 10.2 Å². The van der Waals surface area contributed by atoms with Gasteiger partial charge in [0.05, 0.1) is 0 Å². The van der Waals surface area contributed by atoms with E-state index in [0.717, 1.165) is 49.6 Å². The van der Waals surface area contributed by atoms with Gasteiger partial charge in [-0.05, 0) is 43.7 Å². The predicted octanol–water partition coefficient (Wildman–Crippen LogP) is 3.47. The largest absolute Gasteiger partial charge is 0.370 e. The fourth-order valence-electron chi connectivity index (χ4n) is 2.91. The summed E-state index contributed by atoms with van der Waals surface area (Å²) >= 11 is 0. The topological polar surface area (TPSA) is 45.2 Å². The summed E-state index contributed by atoms with van der Waals surface area (Å²) in [6, 6.07) is 3.77. The first-order valence-corrected chi connectivity index (χ1v) is 7.93. The number of aryl methyl sites for hydroxylation is 1. The Morgan fingerprint density at radius 1 is 1.43 bits per heavy atom. The third-order valence-corrected chi connectivity index (χ3v) is 3.94. The monoisotopic (exact) mass is 289 g/mol. The number of carbonyl (C=O) groups is 1. The highest BCUT2D eigenvalue weighted by Crippen LogP contribution is 2.29. The van der Waals surface area contributed by atoms with Crippen LogP contribution in [-0.2, 0) is 0 Å². The Kier molecular flexibility index (Phi) is 4.86. The molecule has 1 aromatic heterocycles. The molecule has 0 aromatic carbocycles. The van der Waals surface area contributed by atoms with E-state index in [2.05, 4.69) is 31.1 Å². The number of hydrogen-bond donors (Lipinski definition) is 1. The van der Waals surface area contributed by atoms with Crippen LogP contribution in [0.2, 0.25) is 0 Å². The zero-order valence-corrected chi connectivity index (χ0v) is 13.7. The van der Waals surface area contributed by atoms with Crippen LogP contribution in [0.25, 0.3) is 0 Å². The molecule has 0 spiro atoms. The van der Waals surface area contributed by atoms with Crippen molar-refractivity contribution in [3.05, 3.63) is 23.4 Å². The van der Waals surface area contributed by atoms with Crippen molar-refractivity contribution in [2.24, 2.45) is 5.41 Å². The highest BCUT2D eigenvalue weighted by Gasteiger charge is 2.29. The summed E-state index contributed by atoms with van der Waals surface area (Å²) < 4.78 is 0. The molecule has 4 nitrogen and oxygen atoms in total. The molecule has 2 heterocycles. The Morgan fingerprint density at radius 2 is 2.19 bits per heavy atom. The second kappa shape index (κ2) is 6.46. The summed E-state index contributed by atoms with van der Waals surface area (Å²) in [6.45, 7) is 11.1. The Morgan fingerprint density at radius 3 is 2.86 bits per heavy atom. The fraction of sp³-hybridized carbons (Fsp3) is 0.647. The van der Waals surface area contributed by atoms with Gasteiger partial charge in [-0.25, -0.2) is 4.98 Å². The average Bonchev–Trinajstić information content (AvgIpc) is 2.42. The van der Waals surface area contributed by atoms with E-state index >= 15 is 0 Å². The SMILES string of the molecule is CCCNc1cc(C(=O)N2CCCC(C)(C)C2)cc(C)n1. The van der Waals surface area contributed by atoms with Crippen LogP contribution in [0.5, 0.6) is 0 Å². The number of pyridine rings is 1. The number of carbonyl (C=O) groups excluding carboxylic acids is 1. The van der Waals surface area contributed by atoms with Crippen LogP contribution in [0, 0.1) is 12.3 Å². The van der Waals surface area contributed by atoms with Crippen molar-refractivity contribution in [3.8, 4) is 0 Å². The van der Waals surface area contributed by atoms with E-state index in [1.165, 1.54) is 6.42 Å². The zero-order valence-electron chi connectivity index (χ0n) is 13.7. The van der Waals surface area contributed by atoms with Gasteiger partial charge in [-0.2, -0.15) is 0 Å². The fourth-order valence-corrected chi connectivity index (χ4v) is 2.91. The summed E-state index contributed by atoms with van der Waals surface area (Å²) in [7, 11) is 0. The number of piperidine rings is 1. The van der Waals surface area contributed by atoms with Crippen LogP contribution < -0.4 is 5.32 Å². The van der Waals surface area contributed by atoms with Gasteiger partial charge in [0.1, 0.15) is 5.82 Å². The lowest BCUT2D eigenvalue weighted by Gasteiger charge is -2.38. The molecule has 21 heavy (non-hydrogen) atoms. The first-order chi connectivity index (χ1) is 9.91. The summed E-state index contributed by atoms with van der Waals surface area (Å²) in [5.41, 5.74) is 1.86. The Hall–Kier alpha value is -1.58. The zero-order chi connectivity index (χ0) is 15.5. The van der Waals surface area contributed by atoms with Crippen molar-refractivity contribution in [1.82, 2.24) is 9.88 Å². The molecule has 0 radical (unpaired) electrons. The standard InChI is InChI=1S/C17H27N3O/c1-5-8-18-15-11-14(10-13(2)19-15)16(21)20-9-6-7-17(3,4)12-20/h10-11H,5-9,12H2,1-4H3,(H,18,19). The molecule has 1 saturated heterocycles. The summed E-state index contributed by atoms with van der Waals surface area (Å²) in [5.74, 6) is 0.935. The van der Waals surface area contributed by atoms with E-state index in [1.54, 1.807) is 0 Å². The molecule has 0 bridgehead atoms. The third-order valence-electron chi connectivity index (χ3n) is 3.94. The van der Waals surface area contributed by atoms with E-state index in [9.17, 15) is 4.79 Å². The van der Waals surface area contributed by atoms with E-state index in [1.807, 2.05) is 24.0 Å². The van der Waals surface area contributed by atoms with Crippen molar-refractivity contribution in [2.75, 3.05) is 25.0 Å². The van der Waals surface area contributed by atoms with Crippen molar-refractivity contribution in [1.29, 1.82) is 0 Å². The van der Waals surface area contributed by atoms with Gasteiger partial charge in [0.25, 0.3) is 5.91 Å². The molecule has 0 atom stereocenters. The highest BCUT2D eigenvalue weighted by atomic mass is 16.2. The number of likely N-dealkylation sites (tertiary alicyclic amines) is 1. The van der Waals surface area contributed by atoms with Gasteiger partial charge in [0, 0.05) is 30.9 Å². The van der Waals surface area contributed by atoms with E-state index in [-0.39, 0.29) is 11.3 Å². The summed E-state index contributed by atoms with van der Waals surface area (Å²) in [5, 5.41) is 3.27. The Labute approximate surface area is 127 Å². The van der Waals surface area contributed by atoms with Crippen LogP contribution in [0.3, 0.4) is 0 Å². The van der Waals surface area contributed by atoms with E-state index in [4.69, 9.17) is 0 Å². The molecule has 0 saturated carbocycles. The summed E-state index contributed by atoms with van der Waals surface area (Å²) in [6.07, 6.45) is 3.32. The van der Waals surface area contributed by atoms with Crippen LogP contribution >= 0.6 is 0 Å². The minimum absolute atomic E-state index is 0.132. The number of hydrogen-bond acceptors (Lipinski definition) is 3. The molecule has 116 valence electrons. The Bertz CT molecular complexity index is 511. The smallest absolute Gasteiger partial charge is 0.254 e. The van der Waals surface area contributed by atoms with Crippen LogP contribution in [-0.4, -0.2) is 35.4 Å². The number of aromatic nitrogens is 1. The van der Waals surface area contributed by atoms with E-state index < -0.39 is 0 Å². The molecule has 2 rings (SSSR count). The molecular formula is C17H27N3O. The van der Waals surface area contributed by atoms with Gasteiger partial charge in [-0.15, -0.1) is 0 Å². The number of nitrogens with zero attached hydrogens (tertiary/aromatic N) is 2. The van der Waals surface area contributed by atoms with Crippen molar-refractivity contribution < 1.29 is 4.79 Å². The molecule has 1 amide bonds. The minimum Gasteiger partial charge on any atom is -0.370 e. The van der Waals surface area contributed by atoms with Crippen molar-refractivity contribution in [3.63, 3.8) is 0 Å². The lowest BCUT2D eigenvalue weighted by Crippen LogP contribution is -2.43. The molecule has 0 unspecified atom stereocenters. The van der Waals surface area contributed by atoms with Crippen LogP contribution in [0.1, 0.15) is 56.1 Å². The molecule has 1 aliphatic heterocycles. The van der Waals surface area contributed by atoms with Crippen LogP contribution in [0.15, 0.2) is 12.1 Å². The summed E-state index contributed by atoms with van der Waals surface area (Å²) in [4.78, 5) is 19.2. The maximum atomic E-state index is 12.7. The highest BCUT2D eigenvalue weighted by molar-refractivity contribution is 5.95.